The smallest absolute Gasteiger partial charge is 0.120 e. The molecule has 0 aliphatic rings. The second-order valence-corrected chi connectivity index (χ2v) is 6.41. The molecule has 0 atom stereocenters. The van der Waals surface area contributed by atoms with E-state index >= 15 is 0 Å². The first-order valence-corrected chi connectivity index (χ1v) is 8.55. The van der Waals surface area contributed by atoms with Crippen LogP contribution in [0.1, 0.15) is 36.5 Å². The molecule has 0 unspecified atom stereocenters. The standard InChI is InChI=1S/C24H22O/c1-4-20-13-14-23(25-17-19-9-6-5-7-10-19)16-24(20)22-12-8-11-21(15-22)18(2)3/h1,5-16,18H,17H2,2-3H3. The average molecular weight is 326 g/mol. The van der Waals surface area contributed by atoms with E-state index < -0.39 is 0 Å². The first kappa shape index (κ1) is 16.9. The predicted octanol–water partition coefficient (Wildman–Crippen LogP) is 6.04. The average Bonchev–Trinajstić information content (AvgIpc) is 2.67. The summed E-state index contributed by atoms with van der Waals surface area (Å²) in [5, 5.41) is 0. The molecule has 0 aliphatic carbocycles. The molecule has 0 bridgehead atoms. The molecule has 0 saturated heterocycles. The van der Waals surface area contributed by atoms with Gasteiger partial charge in [0, 0.05) is 11.1 Å². The molecule has 0 fully saturated rings. The largest absolute Gasteiger partial charge is 0.489 e. The van der Waals surface area contributed by atoms with Gasteiger partial charge in [-0.25, -0.2) is 0 Å². The highest BCUT2D eigenvalue weighted by Crippen LogP contribution is 2.30. The molecule has 0 spiro atoms. The molecule has 0 aliphatic heterocycles. The highest BCUT2D eigenvalue weighted by atomic mass is 16.5. The maximum atomic E-state index is 5.96. The van der Waals surface area contributed by atoms with Gasteiger partial charge in [-0.2, -0.15) is 0 Å². The van der Waals surface area contributed by atoms with E-state index in [9.17, 15) is 0 Å². The van der Waals surface area contributed by atoms with E-state index in [2.05, 4.69) is 56.2 Å². The zero-order chi connectivity index (χ0) is 17.6. The summed E-state index contributed by atoms with van der Waals surface area (Å²) in [6, 6.07) is 24.6. The third kappa shape index (κ3) is 4.11. The fourth-order valence-electron chi connectivity index (χ4n) is 2.78. The molecule has 0 heterocycles. The third-order valence-corrected chi connectivity index (χ3v) is 4.26. The number of rotatable bonds is 5. The molecule has 3 aromatic carbocycles. The van der Waals surface area contributed by atoms with Crippen LogP contribution in [0.3, 0.4) is 0 Å². The van der Waals surface area contributed by atoms with Crippen LogP contribution in [0.5, 0.6) is 5.75 Å². The first-order chi connectivity index (χ1) is 12.2. The van der Waals surface area contributed by atoms with Crippen LogP contribution in [0.2, 0.25) is 0 Å². The zero-order valence-corrected chi connectivity index (χ0v) is 14.7. The molecule has 25 heavy (non-hydrogen) atoms. The first-order valence-electron chi connectivity index (χ1n) is 8.55. The van der Waals surface area contributed by atoms with Gasteiger partial charge in [0.25, 0.3) is 0 Å². The lowest BCUT2D eigenvalue weighted by atomic mass is 9.95. The van der Waals surface area contributed by atoms with Crippen LogP contribution in [0.4, 0.5) is 0 Å². The summed E-state index contributed by atoms with van der Waals surface area (Å²) in [4.78, 5) is 0. The second kappa shape index (κ2) is 7.73. The molecule has 1 heteroatoms. The SMILES string of the molecule is C#Cc1ccc(OCc2ccccc2)cc1-c1cccc(C(C)C)c1. The Kier molecular flexibility index (Phi) is 5.21. The van der Waals surface area contributed by atoms with Crippen molar-refractivity contribution in [1.82, 2.24) is 0 Å². The fraction of sp³-hybridized carbons (Fsp3) is 0.167. The Labute approximate surface area is 150 Å². The van der Waals surface area contributed by atoms with Crippen molar-refractivity contribution in [3.8, 4) is 29.2 Å². The van der Waals surface area contributed by atoms with Gasteiger partial charge in [0.05, 0.1) is 0 Å². The van der Waals surface area contributed by atoms with Gasteiger partial charge in [-0.1, -0.05) is 74.4 Å². The van der Waals surface area contributed by atoms with Crippen LogP contribution in [0.15, 0.2) is 72.8 Å². The Morgan fingerprint density at radius 1 is 0.920 bits per heavy atom. The quantitative estimate of drug-likeness (QED) is 0.520. The fourth-order valence-corrected chi connectivity index (χ4v) is 2.78. The summed E-state index contributed by atoms with van der Waals surface area (Å²) < 4.78 is 5.96. The lowest BCUT2D eigenvalue weighted by molar-refractivity contribution is 0.306. The van der Waals surface area contributed by atoms with Gasteiger partial charge in [0.2, 0.25) is 0 Å². The van der Waals surface area contributed by atoms with Crippen molar-refractivity contribution in [2.24, 2.45) is 0 Å². The Bertz CT molecular complexity index is 885. The highest BCUT2D eigenvalue weighted by Gasteiger charge is 2.08. The van der Waals surface area contributed by atoms with Gasteiger partial charge in [0.1, 0.15) is 12.4 Å². The predicted molar refractivity (Wildman–Crippen MR) is 105 cm³/mol. The Balaban J connectivity index is 1.90. The number of terminal acetylenes is 1. The number of hydrogen-bond donors (Lipinski definition) is 0. The maximum absolute atomic E-state index is 5.96. The molecular formula is C24H22O. The number of hydrogen-bond acceptors (Lipinski definition) is 1. The second-order valence-electron chi connectivity index (χ2n) is 6.41. The molecule has 1 nitrogen and oxygen atoms in total. The van der Waals surface area contributed by atoms with E-state index in [1.165, 1.54) is 5.56 Å². The van der Waals surface area contributed by atoms with Gasteiger partial charge in [-0.15, -0.1) is 6.42 Å². The van der Waals surface area contributed by atoms with Gasteiger partial charge in [-0.3, -0.25) is 0 Å². The molecule has 0 amide bonds. The van der Waals surface area contributed by atoms with Crippen molar-refractivity contribution >= 4 is 0 Å². The Morgan fingerprint density at radius 3 is 2.44 bits per heavy atom. The van der Waals surface area contributed by atoms with Gasteiger partial charge < -0.3 is 4.74 Å². The van der Waals surface area contributed by atoms with E-state index in [0.29, 0.717) is 12.5 Å². The van der Waals surface area contributed by atoms with E-state index in [0.717, 1.165) is 28.0 Å². The van der Waals surface area contributed by atoms with Crippen LogP contribution in [-0.4, -0.2) is 0 Å². The summed E-state index contributed by atoms with van der Waals surface area (Å²) in [5.41, 5.74) is 5.50. The lowest BCUT2D eigenvalue weighted by Gasteiger charge is -2.12. The Morgan fingerprint density at radius 2 is 1.72 bits per heavy atom. The minimum atomic E-state index is 0.478. The van der Waals surface area contributed by atoms with Crippen molar-refractivity contribution in [1.29, 1.82) is 0 Å². The molecule has 3 aromatic rings. The van der Waals surface area contributed by atoms with Crippen LogP contribution < -0.4 is 4.74 Å². The van der Waals surface area contributed by atoms with Crippen molar-refractivity contribution in [2.45, 2.75) is 26.4 Å². The van der Waals surface area contributed by atoms with Gasteiger partial charge >= 0.3 is 0 Å². The van der Waals surface area contributed by atoms with Crippen LogP contribution in [0, 0.1) is 12.3 Å². The summed E-state index contributed by atoms with van der Waals surface area (Å²) in [6.45, 7) is 4.93. The molecule has 3 rings (SSSR count). The van der Waals surface area contributed by atoms with Crippen molar-refractivity contribution in [3.63, 3.8) is 0 Å². The van der Waals surface area contributed by atoms with Crippen molar-refractivity contribution in [3.05, 3.63) is 89.5 Å². The molecule has 0 N–H and O–H groups in total. The monoisotopic (exact) mass is 326 g/mol. The van der Waals surface area contributed by atoms with Crippen molar-refractivity contribution < 1.29 is 4.74 Å². The maximum Gasteiger partial charge on any atom is 0.120 e. The topological polar surface area (TPSA) is 9.23 Å². The summed E-state index contributed by atoms with van der Waals surface area (Å²) >= 11 is 0. The molecule has 124 valence electrons. The summed E-state index contributed by atoms with van der Waals surface area (Å²) in [7, 11) is 0. The van der Waals surface area contributed by atoms with Crippen LogP contribution in [-0.2, 0) is 6.61 Å². The molecular weight excluding hydrogens is 304 g/mol. The van der Waals surface area contributed by atoms with Gasteiger partial charge in [-0.05, 0) is 40.8 Å². The molecule has 0 aromatic heterocycles. The normalized spacial score (nSPS) is 10.5. The molecule has 0 radical (unpaired) electrons. The highest BCUT2D eigenvalue weighted by molar-refractivity contribution is 5.73. The summed E-state index contributed by atoms with van der Waals surface area (Å²) in [6.07, 6.45) is 5.71. The number of benzene rings is 3. The molecule has 0 saturated carbocycles. The summed E-state index contributed by atoms with van der Waals surface area (Å²) in [5.74, 6) is 4.09. The third-order valence-electron chi connectivity index (χ3n) is 4.26. The van der Waals surface area contributed by atoms with Crippen LogP contribution in [0.25, 0.3) is 11.1 Å². The minimum absolute atomic E-state index is 0.478. The van der Waals surface area contributed by atoms with E-state index in [1.54, 1.807) is 0 Å². The van der Waals surface area contributed by atoms with Crippen LogP contribution >= 0.6 is 0 Å². The zero-order valence-electron chi connectivity index (χ0n) is 14.7. The Hall–Kier alpha value is -2.98. The number of ether oxygens (including phenoxy) is 1. The van der Waals surface area contributed by atoms with E-state index in [4.69, 9.17) is 11.2 Å². The van der Waals surface area contributed by atoms with E-state index in [1.807, 2.05) is 36.4 Å². The van der Waals surface area contributed by atoms with Gasteiger partial charge in [0.15, 0.2) is 0 Å². The van der Waals surface area contributed by atoms with E-state index in [-0.39, 0.29) is 0 Å². The van der Waals surface area contributed by atoms with Crippen molar-refractivity contribution in [2.75, 3.05) is 0 Å². The minimum Gasteiger partial charge on any atom is -0.489 e. The lowest BCUT2D eigenvalue weighted by Crippen LogP contribution is -1.96.